The van der Waals surface area contributed by atoms with Crippen molar-refractivity contribution in [2.24, 2.45) is 0 Å². The van der Waals surface area contributed by atoms with Crippen molar-refractivity contribution in [3.05, 3.63) is 11.3 Å². The Bertz CT molecular complexity index is 637. The van der Waals surface area contributed by atoms with Gasteiger partial charge in [0.15, 0.2) is 5.16 Å². The number of aryl methyl sites for hydroxylation is 1. The second kappa shape index (κ2) is 7.40. The van der Waals surface area contributed by atoms with Crippen molar-refractivity contribution in [1.82, 2.24) is 14.9 Å². The molecule has 0 radical (unpaired) electrons. The van der Waals surface area contributed by atoms with E-state index in [0.29, 0.717) is 13.1 Å². The molecule has 0 atom stereocenters. The number of ether oxygens (including phenoxy) is 1. The van der Waals surface area contributed by atoms with Crippen LogP contribution in [0.15, 0.2) is 5.16 Å². The molecular formula is C18H28N4O2S. The van der Waals surface area contributed by atoms with Crippen LogP contribution in [-0.2, 0) is 17.6 Å². The van der Waals surface area contributed by atoms with Gasteiger partial charge < -0.3 is 14.5 Å². The lowest BCUT2D eigenvalue weighted by Crippen LogP contribution is -2.50. The van der Waals surface area contributed by atoms with Crippen LogP contribution in [0.2, 0.25) is 0 Å². The Morgan fingerprint density at radius 3 is 2.40 bits per heavy atom. The third kappa shape index (κ3) is 4.37. The van der Waals surface area contributed by atoms with Gasteiger partial charge in [0.1, 0.15) is 11.4 Å². The van der Waals surface area contributed by atoms with E-state index in [-0.39, 0.29) is 6.09 Å². The van der Waals surface area contributed by atoms with Gasteiger partial charge in [0.05, 0.1) is 5.69 Å². The molecule has 1 fully saturated rings. The van der Waals surface area contributed by atoms with E-state index in [4.69, 9.17) is 14.7 Å². The smallest absolute Gasteiger partial charge is 0.410 e. The van der Waals surface area contributed by atoms with Crippen LogP contribution in [0.5, 0.6) is 0 Å². The van der Waals surface area contributed by atoms with Crippen molar-refractivity contribution in [3.8, 4) is 0 Å². The summed E-state index contributed by atoms with van der Waals surface area (Å²) in [5.41, 5.74) is 2.08. The molecule has 1 amide bonds. The number of carbonyl (C=O) groups is 1. The molecule has 2 aliphatic rings. The van der Waals surface area contributed by atoms with Gasteiger partial charge in [-0.2, -0.15) is 0 Å². The quantitative estimate of drug-likeness (QED) is 0.594. The third-order valence-corrected chi connectivity index (χ3v) is 5.10. The van der Waals surface area contributed by atoms with Gasteiger partial charge in [-0.3, -0.25) is 0 Å². The lowest BCUT2D eigenvalue weighted by Gasteiger charge is -2.37. The largest absolute Gasteiger partial charge is 0.444 e. The molecule has 25 heavy (non-hydrogen) atoms. The molecule has 2 heterocycles. The van der Waals surface area contributed by atoms with Crippen molar-refractivity contribution in [2.45, 2.75) is 57.2 Å². The zero-order chi connectivity index (χ0) is 18.0. The minimum atomic E-state index is -0.451. The number of anilines is 1. The average molecular weight is 365 g/mol. The van der Waals surface area contributed by atoms with Crippen LogP contribution in [0.4, 0.5) is 10.6 Å². The van der Waals surface area contributed by atoms with E-state index < -0.39 is 5.60 Å². The molecule has 1 aromatic rings. The maximum Gasteiger partial charge on any atom is 0.410 e. The summed E-state index contributed by atoms with van der Waals surface area (Å²) in [6, 6.07) is 0. The molecule has 0 saturated carbocycles. The molecule has 7 heteroatoms. The Morgan fingerprint density at radius 1 is 1.08 bits per heavy atom. The fourth-order valence-electron chi connectivity index (χ4n) is 3.33. The SMILES string of the molecule is CSc1nc2c(c(N3CCN(C(=O)OC(C)(C)C)CC3)n1)CCCC2. The Hall–Kier alpha value is -1.50. The van der Waals surface area contributed by atoms with Crippen LogP contribution in [0.1, 0.15) is 44.9 Å². The van der Waals surface area contributed by atoms with Gasteiger partial charge in [0.25, 0.3) is 0 Å². The molecule has 1 aliphatic carbocycles. The number of piperazine rings is 1. The van der Waals surface area contributed by atoms with Crippen molar-refractivity contribution < 1.29 is 9.53 Å². The summed E-state index contributed by atoms with van der Waals surface area (Å²) >= 11 is 1.60. The van der Waals surface area contributed by atoms with Crippen molar-refractivity contribution in [1.29, 1.82) is 0 Å². The van der Waals surface area contributed by atoms with E-state index in [1.807, 2.05) is 27.0 Å². The third-order valence-electron chi connectivity index (χ3n) is 4.55. The summed E-state index contributed by atoms with van der Waals surface area (Å²) < 4.78 is 5.48. The number of amides is 1. The monoisotopic (exact) mass is 364 g/mol. The van der Waals surface area contributed by atoms with Gasteiger partial charge >= 0.3 is 6.09 Å². The maximum absolute atomic E-state index is 12.2. The summed E-state index contributed by atoms with van der Waals surface area (Å²) in [5.74, 6) is 1.08. The number of rotatable bonds is 2. The van der Waals surface area contributed by atoms with Crippen LogP contribution >= 0.6 is 11.8 Å². The van der Waals surface area contributed by atoms with Gasteiger partial charge in [-0.15, -0.1) is 0 Å². The first-order valence-corrected chi connectivity index (χ1v) is 10.3. The Labute approximate surface area is 154 Å². The minimum Gasteiger partial charge on any atom is -0.444 e. The van der Waals surface area contributed by atoms with Crippen molar-refractivity contribution in [2.75, 3.05) is 37.3 Å². The zero-order valence-electron chi connectivity index (χ0n) is 15.7. The molecule has 6 nitrogen and oxygen atoms in total. The van der Waals surface area contributed by atoms with E-state index in [1.165, 1.54) is 24.1 Å². The molecule has 1 aliphatic heterocycles. The minimum absolute atomic E-state index is 0.221. The Kier molecular flexibility index (Phi) is 5.41. The van der Waals surface area contributed by atoms with Crippen molar-refractivity contribution >= 4 is 23.7 Å². The number of hydrogen-bond donors (Lipinski definition) is 0. The van der Waals surface area contributed by atoms with E-state index in [9.17, 15) is 4.79 Å². The topological polar surface area (TPSA) is 58.6 Å². The first-order valence-electron chi connectivity index (χ1n) is 9.04. The summed E-state index contributed by atoms with van der Waals surface area (Å²) in [5, 5.41) is 0.852. The predicted octanol–water partition coefficient (Wildman–Crippen LogP) is 3.13. The molecule has 138 valence electrons. The second-order valence-corrected chi connectivity index (χ2v) is 8.39. The molecule has 0 spiro atoms. The normalized spacial score (nSPS) is 18.1. The first-order chi connectivity index (χ1) is 11.9. The standard InChI is InChI=1S/C18H28N4O2S/c1-18(2,3)24-17(23)22-11-9-21(10-12-22)15-13-7-5-6-8-14(13)19-16(20-15)25-4/h5-12H2,1-4H3. The van der Waals surface area contributed by atoms with Gasteiger partial charge in [-0.05, 0) is 52.7 Å². The molecule has 0 unspecified atom stereocenters. The Balaban J connectivity index is 1.72. The molecule has 0 N–H and O–H groups in total. The lowest BCUT2D eigenvalue weighted by atomic mass is 9.96. The fourth-order valence-corrected chi connectivity index (χ4v) is 3.71. The highest BCUT2D eigenvalue weighted by Gasteiger charge is 2.28. The van der Waals surface area contributed by atoms with Gasteiger partial charge in [0.2, 0.25) is 0 Å². The molecule has 1 saturated heterocycles. The number of fused-ring (bicyclic) bond motifs is 1. The molecule has 1 aromatic heterocycles. The van der Waals surface area contributed by atoms with Crippen LogP contribution in [0, 0.1) is 0 Å². The van der Waals surface area contributed by atoms with Crippen LogP contribution in [-0.4, -0.2) is 59.0 Å². The highest BCUT2D eigenvalue weighted by atomic mass is 32.2. The van der Waals surface area contributed by atoms with Crippen LogP contribution in [0.25, 0.3) is 0 Å². The van der Waals surface area contributed by atoms with Gasteiger partial charge in [-0.25, -0.2) is 14.8 Å². The maximum atomic E-state index is 12.2. The van der Waals surface area contributed by atoms with Gasteiger partial charge in [-0.1, -0.05) is 11.8 Å². The summed E-state index contributed by atoms with van der Waals surface area (Å²) in [6.45, 7) is 8.62. The summed E-state index contributed by atoms with van der Waals surface area (Å²) in [6.07, 6.45) is 6.34. The molecule has 3 rings (SSSR count). The second-order valence-electron chi connectivity index (χ2n) is 7.62. The van der Waals surface area contributed by atoms with Crippen LogP contribution in [0.3, 0.4) is 0 Å². The first kappa shape index (κ1) is 18.3. The number of carbonyl (C=O) groups excluding carboxylic acids is 1. The van der Waals surface area contributed by atoms with Gasteiger partial charge in [0, 0.05) is 31.7 Å². The number of hydrogen-bond acceptors (Lipinski definition) is 6. The zero-order valence-corrected chi connectivity index (χ0v) is 16.5. The highest BCUT2D eigenvalue weighted by molar-refractivity contribution is 7.98. The predicted molar refractivity (Wildman–Crippen MR) is 100 cm³/mol. The van der Waals surface area contributed by atoms with Crippen LogP contribution < -0.4 is 4.90 Å². The van der Waals surface area contributed by atoms with E-state index in [1.54, 1.807) is 16.7 Å². The number of thioether (sulfide) groups is 1. The van der Waals surface area contributed by atoms with Crippen molar-refractivity contribution in [3.63, 3.8) is 0 Å². The van der Waals surface area contributed by atoms with E-state index in [2.05, 4.69) is 4.90 Å². The molecular weight excluding hydrogens is 336 g/mol. The average Bonchev–Trinajstić information content (AvgIpc) is 2.59. The molecule has 0 bridgehead atoms. The highest BCUT2D eigenvalue weighted by Crippen LogP contribution is 2.30. The summed E-state index contributed by atoms with van der Waals surface area (Å²) in [4.78, 5) is 25.9. The number of nitrogens with zero attached hydrogens (tertiary/aromatic N) is 4. The Morgan fingerprint density at radius 2 is 1.76 bits per heavy atom. The lowest BCUT2D eigenvalue weighted by molar-refractivity contribution is 0.0240. The number of aromatic nitrogens is 2. The van der Waals surface area contributed by atoms with E-state index in [0.717, 1.165) is 36.9 Å². The van der Waals surface area contributed by atoms with E-state index >= 15 is 0 Å². The fraction of sp³-hybridized carbons (Fsp3) is 0.722. The summed E-state index contributed by atoms with van der Waals surface area (Å²) in [7, 11) is 0. The molecule has 0 aromatic carbocycles.